The molecule has 5 heteroatoms. The number of aromatic nitrogens is 2. The van der Waals surface area contributed by atoms with Gasteiger partial charge in [-0.05, 0) is 49.1 Å². The standard InChI is InChI=1S/C29H32N4O/c34-29(30-24-18-21-32(22-19-24)20-17-23-9-3-1-4-10-23)16-15-28-31-26-13-7-8-14-27(26)33(28)25-11-5-2-6-12-25/h1-14,24H,15-22H2,(H,30,34). The topological polar surface area (TPSA) is 50.2 Å². The number of hydrogen-bond donors (Lipinski definition) is 1. The van der Waals surface area contributed by atoms with Crippen molar-refractivity contribution in [3.63, 3.8) is 0 Å². The van der Waals surface area contributed by atoms with Gasteiger partial charge in [-0.1, -0.05) is 60.7 Å². The number of nitrogens with zero attached hydrogens (tertiary/aromatic N) is 3. The average Bonchev–Trinajstić information content (AvgIpc) is 3.27. The predicted molar refractivity (Wildman–Crippen MR) is 137 cm³/mol. The summed E-state index contributed by atoms with van der Waals surface area (Å²) in [7, 11) is 0. The van der Waals surface area contributed by atoms with E-state index in [1.54, 1.807) is 0 Å². The Labute approximate surface area is 201 Å². The Kier molecular flexibility index (Phi) is 7.01. The number of para-hydroxylation sites is 3. The molecule has 1 aliphatic rings. The number of benzene rings is 3. The summed E-state index contributed by atoms with van der Waals surface area (Å²) in [6.07, 6.45) is 4.18. The second-order valence-electron chi connectivity index (χ2n) is 9.11. The van der Waals surface area contributed by atoms with Crippen LogP contribution in [0.5, 0.6) is 0 Å². The van der Waals surface area contributed by atoms with Crippen LogP contribution in [0.4, 0.5) is 0 Å². The van der Waals surface area contributed by atoms with E-state index in [1.165, 1.54) is 5.56 Å². The van der Waals surface area contributed by atoms with Crippen molar-refractivity contribution < 1.29 is 4.79 Å². The number of rotatable bonds is 8. The van der Waals surface area contributed by atoms with Crippen molar-refractivity contribution in [2.24, 2.45) is 0 Å². The van der Waals surface area contributed by atoms with Gasteiger partial charge < -0.3 is 10.2 Å². The van der Waals surface area contributed by atoms with Crippen LogP contribution in [0.25, 0.3) is 16.7 Å². The lowest BCUT2D eigenvalue weighted by Gasteiger charge is -2.32. The van der Waals surface area contributed by atoms with Gasteiger partial charge in [-0.3, -0.25) is 9.36 Å². The summed E-state index contributed by atoms with van der Waals surface area (Å²) in [6, 6.07) is 29.3. The molecule has 0 atom stereocenters. The number of aryl methyl sites for hydroxylation is 1. The molecule has 2 heterocycles. The molecule has 1 amide bonds. The Hall–Kier alpha value is -3.44. The van der Waals surface area contributed by atoms with E-state index in [-0.39, 0.29) is 11.9 Å². The number of carbonyl (C=O) groups is 1. The highest BCUT2D eigenvalue weighted by Crippen LogP contribution is 2.22. The number of imidazole rings is 1. The lowest BCUT2D eigenvalue weighted by molar-refractivity contribution is -0.122. The van der Waals surface area contributed by atoms with E-state index in [0.717, 1.165) is 61.4 Å². The maximum Gasteiger partial charge on any atom is 0.220 e. The first kappa shape index (κ1) is 22.4. The molecule has 1 N–H and O–H groups in total. The van der Waals surface area contributed by atoms with E-state index in [1.807, 2.05) is 36.4 Å². The zero-order chi connectivity index (χ0) is 23.2. The van der Waals surface area contributed by atoms with Gasteiger partial charge in [-0.15, -0.1) is 0 Å². The van der Waals surface area contributed by atoms with Crippen LogP contribution < -0.4 is 5.32 Å². The Morgan fingerprint density at radius 1 is 0.853 bits per heavy atom. The second-order valence-corrected chi connectivity index (χ2v) is 9.11. The highest BCUT2D eigenvalue weighted by atomic mass is 16.1. The monoisotopic (exact) mass is 452 g/mol. The lowest BCUT2D eigenvalue weighted by atomic mass is 10.0. The summed E-state index contributed by atoms with van der Waals surface area (Å²) >= 11 is 0. The number of nitrogens with one attached hydrogen (secondary N) is 1. The van der Waals surface area contributed by atoms with Gasteiger partial charge in [-0.25, -0.2) is 4.98 Å². The van der Waals surface area contributed by atoms with E-state index in [4.69, 9.17) is 4.98 Å². The van der Waals surface area contributed by atoms with Gasteiger partial charge >= 0.3 is 0 Å². The number of amides is 1. The van der Waals surface area contributed by atoms with Crippen molar-refractivity contribution >= 4 is 16.9 Å². The van der Waals surface area contributed by atoms with Gasteiger partial charge in [0, 0.05) is 44.2 Å². The SMILES string of the molecule is O=C(CCc1nc2ccccc2n1-c1ccccc1)NC1CCN(CCc2ccccc2)CC1. The summed E-state index contributed by atoms with van der Waals surface area (Å²) in [6.45, 7) is 3.17. The van der Waals surface area contributed by atoms with Crippen LogP contribution in [-0.2, 0) is 17.6 Å². The summed E-state index contributed by atoms with van der Waals surface area (Å²) in [4.78, 5) is 20.1. The zero-order valence-corrected chi connectivity index (χ0v) is 19.6. The smallest absolute Gasteiger partial charge is 0.220 e. The average molecular weight is 453 g/mol. The fourth-order valence-electron chi connectivity index (χ4n) is 4.87. The molecule has 1 saturated heterocycles. The van der Waals surface area contributed by atoms with E-state index >= 15 is 0 Å². The first-order valence-corrected chi connectivity index (χ1v) is 12.3. The summed E-state index contributed by atoms with van der Waals surface area (Å²) < 4.78 is 2.17. The summed E-state index contributed by atoms with van der Waals surface area (Å²) in [5.74, 6) is 1.05. The number of hydrogen-bond acceptors (Lipinski definition) is 3. The molecule has 5 rings (SSSR count). The Morgan fingerprint density at radius 3 is 2.29 bits per heavy atom. The Bertz CT molecular complexity index is 1210. The van der Waals surface area contributed by atoms with Gasteiger partial charge in [-0.2, -0.15) is 0 Å². The van der Waals surface area contributed by atoms with Crippen molar-refractivity contribution in [3.05, 3.63) is 96.3 Å². The van der Waals surface area contributed by atoms with Gasteiger partial charge in [0.25, 0.3) is 0 Å². The van der Waals surface area contributed by atoms with Gasteiger partial charge in [0.15, 0.2) is 0 Å². The summed E-state index contributed by atoms with van der Waals surface area (Å²) in [5.41, 5.74) is 4.51. The third-order valence-electron chi connectivity index (χ3n) is 6.73. The quantitative estimate of drug-likeness (QED) is 0.419. The molecular weight excluding hydrogens is 420 g/mol. The predicted octanol–water partition coefficient (Wildman–Crippen LogP) is 4.78. The normalized spacial score (nSPS) is 14.9. The molecule has 174 valence electrons. The first-order valence-electron chi connectivity index (χ1n) is 12.3. The first-order chi connectivity index (χ1) is 16.8. The number of carbonyl (C=O) groups excluding carboxylic acids is 1. The van der Waals surface area contributed by atoms with Crippen LogP contribution in [0, 0.1) is 0 Å². The fraction of sp³-hybridized carbons (Fsp3) is 0.310. The maximum absolute atomic E-state index is 12.8. The van der Waals surface area contributed by atoms with Crippen molar-refractivity contribution in [2.75, 3.05) is 19.6 Å². The molecule has 1 aromatic heterocycles. The minimum absolute atomic E-state index is 0.120. The number of fused-ring (bicyclic) bond motifs is 1. The molecule has 5 nitrogen and oxygen atoms in total. The Morgan fingerprint density at radius 2 is 1.53 bits per heavy atom. The second kappa shape index (κ2) is 10.7. The largest absolute Gasteiger partial charge is 0.353 e. The van der Waals surface area contributed by atoms with Crippen LogP contribution in [0.2, 0.25) is 0 Å². The van der Waals surface area contributed by atoms with E-state index < -0.39 is 0 Å². The molecular formula is C29H32N4O. The maximum atomic E-state index is 12.8. The molecule has 34 heavy (non-hydrogen) atoms. The molecule has 0 aliphatic carbocycles. The van der Waals surface area contributed by atoms with Crippen molar-refractivity contribution in [1.29, 1.82) is 0 Å². The minimum Gasteiger partial charge on any atom is -0.353 e. The van der Waals surface area contributed by atoms with Crippen LogP contribution in [0.15, 0.2) is 84.9 Å². The van der Waals surface area contributed by atoms with Crippen LogP contribution >= 0.6 is 0 Å². The molecule has 0 radical (unpaired) electrons. The third-order valence-corrected chi connectivity index (χ3v) is 6.73. The molecule has 1 aliphatic heterocycles. The molecule has 3 aromatic carbocycles. The van der Waals surface area contributed by atoms with Crippen LogP contribution in [-0.4, -0.2) is 46.0 Å². The van der Waals surface area contributed by atoms with Crippen molar-refractivity contribution in [3.8, 4) is 5.69 Å². The third kappa shape index (κ3) is 5.37. The minimum atomic E-state index is 0.120. The molecule has 4 aromatic rings. The Balaban J connectivity index is 1.14. The van der Waals surface area contributed by atoms with Crippen LogP contribution in [0.1, 0.15) is 30.7 Å². The van der Waals surface area contributed by atoms with E-state index in [2.05, 4.69) is 63.3 Å². The highest BCUT2D eigenvalue weighted by molar-refractivity contribution is 5.79. The van der Waals surface area contributed by atoms with Gasteiger partial charge in [0.1, 0.15) is 5.82 Å². The molecule has 0 bridgehead atoms. The number of piperidine rings is 1. The molecule has 0 spiro atoms. The molecule has 0 saturated carbocycles. The molecule has 1 fully saturated rings. The van der Waals surface area contributed by atoms with E-state index in [0.29, 0.717) is 12.8 Å². The molecule has 0 unspecified atom stereocenters. The zero-order valence-electron chi connectivity index (χ0n) is 19.6. The van der Waals surface area contributed by atoms with Crippen LogP contribution in [0.3, 0.4) is 0 Å². The van der Waals surface area contributed by atoms with Gasteiger partial charge in [0.2, 0.25) is 5.91 Å². The van der Waals surface area contributed by atoms with Crippen molar-refractivity contribution in [1.82, 2.24) is 19.8 Å². The number of likely N-dealkylation sites (tertiary alicyclic amines) is 1. The highest BCUT2D eigenvalue weighted by Gasteiger charge is 2.21. The van der Waals surface area contributed by atoms with Crippen molar-refractivity contribution in [2.45, 2.75) is 38.1 Å². The fourth-order valence-corrected chi connectivity index (χ4v) is 4.87. The van der Waals surface area contributed by atoms with Gasteiger partial charge in [0.05, 0.1) is 11.0 Å². The summed E-state index contributed by atoms with van der Waals surface area (Å²) in [5, 5.41) is 3.27. The lowest BCUT2D eigenvalue weighted by Crippen LogP contribution is -2.45. The van der Waals surface area contributed by atoms with E-state index in [9.17, 15) is 4.79 Å².